The molecule has 240 valence electrons. The van der Waals surface area contributed by atoms with Crippen LogP contribution in [0.2, 0.25) is 0 Å². The molecule has 0 bridgehead atoms. The highest BCUT2D eigenvalue weighted by atomic mass is 16.5. The molecule has 0 aliphatic heterocycles. The Morgan fingerprint density at radius 3 is 2.27 bits per heavy atom. The molecule has 0 spiro atoms. The summed E-state index contributed by atoms with van der Waals surface area (Å²) in [6, 6.07) is 8.19. The van der Waals surface area contributed by atoms with Crippen LogP contribution in [-0.4, -0.2) is 25.5 Å². The summed E-state index contributed by atoms with van der Waals surface area (Å²) in [7, 11) is 1.58. The standard InChI is InChI=1S/C40H56O4/c1-10-44-28-13-11-26(12-14-28)23-27-24-37(6)31(36(4,5)34(27)41)18-19-39(8)32(37)16-15-30-33-29(25(2)3)17-20-40(33,35(42)43-9)22-21-38(30,39)7/h11-14,23,29-33H,2,10,15-22,24H2,1,3-9H3/b27-23+/t29-,30+,31+,32+,33+,37-,38+,39+,40-/m0/s1. The molecule has 0 saturated heterocycles. The van der Waals surface area contributed by atoms with Gasteiger partial charge in [-0.3, -0.25) is 9.59 Å². The zero-order valence-corrected chi connectivity index (χ0v) is 28.7. The number of hydrogen-bond donors (Lipinski definition) is 0. The van der Waals surface area contributed by atoms with E-state index in [1.807, 2.05) is 19.1 Å². The number of allylic oxidation sites excluding steroid dienone is 2. The summed E-state index contributed by atoms with van der Waals surface area (Å²) >= 11 is 0. The monoisotopic (exact) mass is 600 g/mol. The lowest BCUT2D eigenvalue weighted by Crippen LogP contribution is -2.67. The Bertz CT molecular complexity index is 1370. The van der Waals surface area contributed by atoms with Gasteiger partial charge in [-0.2, -0.15) is 0 Å². The van der Waals surface area contributed by atoms with E-state index in [0.717, 1.165) is 68.3 Å². The maximum Gasteiger partial charge on any atom is 0.312 e. The van der Waals surface area contributed by atoms with Crippen LogP contribution in [0.5, 0.6) is 5.75 Å². The van der Waals surface area contributed by atoms with Gasteiger partial charge in [-0.1, -0.05) is 58.9 Å². The van der Waals surface area contributed by atoms with E-state index < -0.39 is 5.41 Å². The molecule has 5 fully saturated rings. The lowest BCUT2D eigenvalue weighted by atomic mass is 9.32. The Labute approximate surface area is 266 Å². The first kappa shape index (κ1) is 31.6. The zero-order chi connectivity index (χ0) is 31.9. The van der Waals surface area contributed by atoms with Gasteiger partial charge in [0.05, 0.1) is 19.1 Å². The predicted octanol–water partition coefficient (Wildman–Crippen LogP) is 9.48. The van der Waals surface area contributed by atoms with Gasteiger partial charge in [-0.25, -0.2) is 0 Å². The second-order valence-corrected chi connectivity index (χ2v) is 16.7. The maximum absolute atomic E-state index is 14.2. The van der Waals surface area contributed by atoms with Crippen LogP contribution in [0.1, 0.15) is 112 Å². The largest absolute Gasteiger partial charge is 0.494 e. The van der Waals surface area contributed by atoms with Crippen LogP contribution in [0.3, 0.4) is 0 Å². The maximum atomic E-state index is 14.2. The minimum absolute atomic E-state index is 0.0212. The van der Waals surface area contributed by atoms with Gasteiger partial charge in [0.2, 0.25) is 0 Å². The molecule has 9 atom stereocenters. The van der Waals surface area contributed by atoms with Gasteiger partial charge in [-0.05, 0) is 147 Å². The van der Waals surface area contributed by atoms with E-state index in [4.69, 9.17) is 9.47 Å². The summed E-state index contributed by atoms with van der Waals surface area (Å²) < 4.78 is 11.2. The van der Waals surface area contributed by atoms with Gasteiger partial charge >= 0.3 is 5.97 Å². The fourth-order valence-electron chi connectivity index (χ4n) is 12.7. The van der Waals surface area contributed by atoms with Crippen LogP contribution in [0.15, 0.2) is 42.0 Å². The number of benzene rings is 1. The molecule has 0 amide bonds. The van der Waals surface area contributed by atoms with Crippen molar-refractivity contribution >= 4 is 17.8 Å². The summed E-state index contributed by atoms with van der Waals surface area (Å²) in [5.74, 6) is 3.30. The molecule has 5 aliphatic carbocycles. The fraction of sp³-hybridized carbons (Fsp3) is 0.700. The van der Waals surface area contributed by atoms with Gasteiger partial charge in [0.15, 0.2) is 5.78 Å². The number of methoxy groups -OCH3 is 1. The van der Waals surface area contributed by atoms with Crippen LogP contribution in [0, 0.1) is 56.7 Å². The molecule has 5 saturated carbocycles. The third-order valence-corrected chi connectivity index (χ3v) is 14.8. The average Bonchev–Trinajstić information content (AvgIpc) is 3.38. The van der Waals surface area contributed by atoms with Crippen LogP contribution in [0.4, 0.5) is 0 Å². The molecule has 0 radical (unpaired) electrons. The van der Waals surface area contributed by atoms with E-state index in [1.54, 1.807) is 7.11 Å². The number of esters is 1. The van der Waals surface area contributed by atoms with Crippen molar-refractivity contribution in [2.45, 2.75) is 106 Å². The van der Waals surface area contributed by atoms with Crippen molar-refractivity contribution in [3.63, 3.8) is 0 Å². The molecule has 1 aromatic carbocycles. The van der Waals surface area contributed by atoms with Crippen molar-refractivity contribution in [2.24, 2.45) is 56.7 Å². The predicted molar refractivity (Wildman–Crippen MR) is 177 cm³/mol. The first-order chi connectivity index (χ1) is 20.7. The molecule has 0 heterocycles. The molecule has 4 nitrogen and oxygen atoms in total. The second-order valence-electron chi connectivity index (χ2n) is 16.7. The summed E-state index contributed by atoms with van der Waals surface area (Å²) in [6.07, 6.45) is 11.6. The topological polar surface area (TPSA) is 52.6 Å². The number of carbonyl (C=O) groups is 2. The highest BCUT2D eigenvalue weighted by Crippen LogP contribution is 2.77. The smallest absolute Gasteiger partial charge is 0.312 e. The molecule has 0 unspecified atom stereocenters. The molecule has 0 N–H and O–H groups in total. The number of carbonyl (C=O) groups excluding carboxylic acids is 2. The number of ether oxygens (including phenoxy) is 2. The first-order valence-corrected chi connectivity index (χ1v) is 17.4. The molecule has 44 heavy (non-hydrogen) atoms. The fourth-order valence-corrected chi connectivity index (χ4v) is 12.7. The van der Waals surface area contributed by atoms with Gasteiger partial charge < -0.3 is 9.47 Å². The van der Waals surface area contributed by atoms with Crippen molar-refractivity contribution in [2.75, 3.05) is 13.7 Å². The zero-order valence-electron chi connectivity index (χ0n) is 28.7. The SMILES string of the molecule is C=C(C)[C@@H]1CC[C@]2(C(=O)OC)CC[C@]3(C)[C@H](CC[C@@H]4[C@@]5(C)C/C(=C\c6ccc(OCC)cc6)C(=O)C(C)(C)[C@H]5CC[C@]43C)[C@@H]12. The number of ketones is 1. The van der Waals surface area contributed by atoms with Crippen LogP contribution in [-0.2, 0) is 14.3 Å². The van der Waals surface area contributed by atoms with Gasteiger partial charge in [-0.15, -0.1) is 0 Å². The Morgan fingerprint density at radius 2 is 1.64 bits per heavy atom. The average molecular weight is 601 g/mol. The molecule has 0 aromatic heterocycles. The quantitative estimate of drug-likeness (QED) is 0.192. The Balaban J connectivity index is 1.38. The molecular weight excluding hydrogens is 544 g/mol. The van der Waals surface area contributed by atoms with Crippen molar-refractivity contribution in [3.8, 4) is 5.75 Å². The van der Waals surface area contributed by atoms with Gasteiger partial charge in [0, 0.05) is 5.41 Å². The number of hydrogen-bond acceptors (Lipinski definition) is 4. The minimum atomic E-state index is -0.397. The summed E-state index contributed by atoms with van der Waals surface area (Å²) in [6.45, 7) is 21.5. The third-order valence-electron chi connectivity index (χ3n) is 14.8. The molecule has 4 heteroatoms. The second kappa shape index (κ2) is 10.6. The van der Waals surface area contributed by atoms with Crippen molar-refractivity contribution < 1.29 is 19.1 Å². The number of fused-ring (bicyclic) bond motifs is 7. The van der Waals surface area contributed by atoms with E-state index >= 15 is 0 Å². The highest BCUT2D eigenvalue weighted by Gasteiger charge is 2.72. The van der Waals surface area contributed by atoms with Gasteiger partial charge in [0.25, 0.3) is 0 Å². The first-order valence-electron chi connectivity index (χ1n) is 17.4. The number of rotatable bonds is 5. The Hall–Kier alpha value is -2.36. The van der Waals surface area contributed by atoms with Crippen molar-refractivity contribution in [3.05, 3.63) is 47.6 Å². The van der Waals surface area contributed by atoms with E-state index in [9.17, 15) is 9.59 Å². The van der Waals surface area contributed by atoms with E-state index in [0.29, 0.717) is 42.0 Å². The van der Waals surface area contributed by atoms with Crippen LogP contribution < -0.4 is 4.74 Å². The van der Waals surface area contributed by atoms with Crippen molar-refractivity contribution in [1.82, 2.24) is 0 Å². The van der Waals surface area contributed by atoms with E-state index in [-0.39, 0.29) is 27.6 Å². The molecule has 6 rings (SSSR count). The summed E-state index contributed by atoms with van der Waals surface area (Å²) in [5.41, 5.74) is 2.86. The third kappa shape index (κ3) is 4.20. The van der Waals surface area contributed by atoms with Crippen molar-refractivity contribution in [1.29, 1.82) is 0 Å². The summed E-state index contributed by atoms with van der Waals surface area (Å²) in [4.78, 5) is 27.7. The highest BCUT2D eigenvalue weighted by molar-refractivity contribution is 6.04. The molecular formula is C40H56O4. The summed E-state index contributed by atoms with van der Waals surface area (Å²) in [5, 5.41) is 0. The molecule has 5 aliphatic rings. The Morgan fingerprint density at radius 1 is 0.932 bits per heavy atom. The minimum Gasteiger partial charge on any atom is -0.494 e. The van der Waals surface area contributed by atoms with Crippen LogP contribution in [0.25, 0.3) is 6.08 Å². The van der Waals surface area contributed by atoms with E-state index in [2.05, 4.69) is 66.3 Å². The normalized spacial score (nSPS) is 43.3. The Kier molecular flexibility index (Phi) is 7.61. The molecule has 1 aromatic rings. The lowest BCUT2D eigenvalue weighted by molar-refractivity contribution is -0.232. The lowest BCUT2D eigenvalue weighted by Gasteiger charge is -2.72. The van der Waals surface area contributed by atoms with Gasteiger partial charge in [0.1, 0.15) is 5.75 Å². The van der Waals surface area contributed by atoms with Crippen LogP contribution >= 0.6 is 0 Å². The van der Waals surface area contributed by atoms with E-state index in [1.165, 1.54) is 12.0 Å². The number of Topliss-reactive ketones (excluding diaryl/α,β-unsaturated/α-hetero) is 1.